The van der Waals surface area contributed by atoms with Crippen LogP contribution in [0.2, 0.25) is 10.0 Å². The minimum Gasteiger partial charge on any atom is -0.495 e. The van der Waals surface area contributed by atoms with Crippen LogP contribution in [0.4, 0.5) is 17.5 Å². The maximum absolute atomic E-state index is 11.9. The van der Waals surface area contributed by atoms with Gasteiger partial charge in [0.15, 0.2) is 0 Å². The zero-order valence-corrected chi connectivity index (χ0v) is 23.3. The maximum Gasteiger partial charge on any atom is 0.243 e. The Morgan fingerprint density at radius 2 is 1.90 bits per heavy atom. The van der Waals surface area contributed by atoms with Gasteiger partial charge in [-0.1, -0.05) is 29.8 Å². The van der Waals surface area contributed by atoms with Gasteiger partial charge in [-0.25, -0.2) is 15.0 Å². The van der Waals surface area contributed by atoms with Crippen LogP contribution in [0.25, 0.3) is 11.3 Å². The lowest BCUT2D eigenvalue weighted by Gasteiger charge is -2.34. The lowest BCUT2D eigenvalue weighted by atomic mass is 10.0. The van der Waals surface area contributed by atoms with Crippen molar-refractivity contribution in [2.45, 2.75) is 32.0 Å². The molecule has 1 aromatic carbocycles. The number of aryl methyl sites for hydroxylation is 1. The number of hydrogen-bond donors (Lipinski definition) is 2. The van der Waals surface area contributed by atoms with Crippen LogP contribution in [-0.4, -0.2) is 60.4 Å². The molecule has 4 heterocycles. The number of aromatic nitrogens is 3. The zero-order valence-electron chi connectivity index (χ0n) is 21.8. The van der Waals surface area contributed by atoms with E-state index in [9.17, 15) is 4.79 Å². The molecule has 0 spiro atoms. The van der Waals surface area contributed by atoms with Gasteiger partial charge >= 0.3 is 0 Å². The summed E-state index contributed by atoms with van der Waals surface area (Å²) in [6, 6.07) is 3.30. The highest BCUT2D eigenvalue weighted by atomic mass is 35.5. The zero-order chi connectivity index (χ0) is 27.7. The van der Waals surface area contributed by atoms with E-state index in [1.807, 2.05) is 17.9 Å². The first-order chi connectivity index (χ1) is 18.8. The van der Waals surface area contributed by atoms with Crippen molar-refractivity contribution >= 4 is 46.6 Å². The summed E-state index contributed by atoms with van der Waals surface area (Å²) in [6.45, 7) is 6.83. The van der Waals surface area contributed by atoms with Crippen LogP contribution >= 0.6 is 23.2 Å². The first-order valence-electron chi connectivity index (χ1n) is 12.3. The van der Waals surface area contributed by atoms with Crippen molar-refractivity contribution in [1.82, 2.24) is 20.3 Å². The van der Waals surface area contributed by atoms with E-state index in [0.717, 1.165) is 22.4 Å². The number of fused-ring (bicyclic) bond motifs is 3. The summed E-state index contributed by atoms with van der Waals surface area (Å²) < 4.78 is 16.6. The van der Waals surface area contributed by atoms with Crippen LogP contribution in [0.15, 0.2) is 37.2 Å². The minimum atomic E-state index is -0.234. The Hall–Kier alpha value is -3.60. The molecule has 1 fully saturated rings. The predicted octanol–water partition coefficient (Wildman–Crippen LogP) is 4.69. The molecule has 0 unspecified atom stereocenters. The quantitative estimate of drug-likeness (QED) is 0.390. The molecular formula is C27H28Cl2N6O4. The van der Waals surface area contributed by atoms with E-state index in [0.29, 0.717) is 65.2 Å². The van der Waals surface area contributed by atoms with Gasteiger partial charge in [-0.3, -0.25) is 4.79 Å². The molecule has 5 rings (SSSR count). The number of pyridine rings is 1. The number of nitrogens with one attached hydrogen (secondary N) is 2. The molecule has 2 atom stereocenters. The number of carbonyl (C=O) groups excluding carboxylic acids is 1. The van der Waals surface area contributed by atoms with Gasteiger partial charge in [-0.15, -0.1) is 0 Å². The van der Waals surface area contributed by atoms with E-state index < -0.39 is 0 Å². The molecule has 10 nitrogen and oxygen atoms in total. The number of carbonyl (C=O) groups is 1. The summed E-state index contributed by atoms with van der Waals surface area (Å²) in [7, 11) is 3.07. The molecule has 0 bridgehead atoms. The van der Waals surface area contributed by atoms with Gasteiger partial charge in [-0.2, -0.15) is 0 Å². The number of rotatable bonds is 7. The van der Waals surface area contributed by atoms with Crippen LogP contribution in [0.3, 0.4) is 0 Å². The number of ether oxygens (including phenoxy) is 3. The average Bonchev–Trinajstić information content (AvgIpc) is 2.94. The highest BCUT2D eigenvalue weighted by Gasteiger charge is 2.32. The van der Waals surface area contributed by atoms with Gasteiger partial charge in [0, 0.05) is 36.2 Å². The summed E-state index contributed by atoms with van der Waals surface area (Å²) in [5, 5.41) is 6.98. The Morgan fingerprint density at radius 3 is 2.59 bits per heavy atom. The molecule has 0 saturated carbocycles. The van der Waals surface area contributed by atoms with Crippen molar-refractivity contribution in [3.63, 3.8) is 0 Å². The predicted molar refractivity (Wildman–Crippen MR) is 150 cm³/mol. The summed E-state index contributed by atoms with van der Waals surface area (Å²) >= 11 is 13.5. The maximum atomic E-state index is 11.9. The number of hydrogen-bond acceptors (Lipinski definition) is 9. The van der Waals surface area contributed by atoms with E-state index in [4.69, 9.17) is 47.4 Å². The van der Waals surface area contributed by atoms with Gasteiger partial charge in [0.25, 0.3) is 0 Å². The fourth-order valence-electron chi connectivity index (χ4n) is 4.78. The number of amides is 1. The first kappa shape index (κ1) is 27.0. The Balaban J connectivity index is 1.54. The molecule has 2 aliphatic heterocycles. The van der Waals surface area contributed by atoms with E-state index in [1.54, 1.807) is 18.5 Å². The highest BCUT2D eigenvalue weighted by Crippen LogP contribution is 2.51. The molecule has 0 radical (unpaired) electrons. The molecule has 2 aromatic heterocycles. The van der Waals surface area contributed by atoms with Crippen molar-refractivity contribution in [2.24, 2.45) is 0 Å². The second-order valence-electron chi connectivity index (χ2n) is 9.23. The van der Waals surface area contributed by atoms with Crippen molar-refractivity contribution in [2.75, 3.05) is 37.7 Å². The van der Waals surface area contributed by atoms with Crippen LogP contribution in [0.1, 0.15) is 17.5 Å². The van der Waals surface area contributed by atoms with Crippen LogP contribution in [-0.2, 0) is 16.1 Å². The third kappa shape index (κ3) is 5.19. The molecule has 3 aromatic rings. The Kier molecular flexibility index (Phi) is 7.79. The molecule has 39 heavy (non-hydrogen) atoms. The minimum absolute atomic E-state index is 0.150. The summed E-state index contributed by atoms with van der Waals surface area (Å²) in [5.74, 6) is 1.67. The summed E-state index contributed by atoms with van der Waals surface area (Å²) in [6.07, 6.45) is 5.47. The molecule has 1 amide bonds. The fourth-order valence-corrected chi connectivity index (χ4v) is 5.48. The number of halogens is 2. The van der Waals surface area contributed by atoms with Crippen LogP contribution in [0, 0.1) is 6.92 Å². The van der Waals surface area contributed by atoms with Gasteiger partial charge in [-0.05, 0) is 31.1 Å². The molecule has 12 heteroatoms. The second kappa shape index (κ2) is 11.3. The first-order valence-corrected chi connectivity index (χ1v) is 13.1. The van der Waals surface area contributed by atoms with Crippen molar-refractivity contribution in [1.29, 1.82) is 0 Å². The lowest BCUT2D eigenvalue weighted by Crippen LogP contribution is -2.52. The topological polar surface area (TPSA) is 111 Å². The van der Waals surface area contributed by atoms with Crippen LogP contribution < -0.4 is 25.0 Å². The summed E-state index contributed by atoms with van der Waals surface area (Å²) in [5.41, 5.74) is 3.86. The highest BCUT2D eigenvalue weighted by molar-refractivity contribution is 6.41. The van der Waals surface area contributed by atoms with Crippen molar-refractivity contribution < 1.29 is 19.0 Å². The van der Waals surface area contributed by atoms with Crippen LogP contribution in [0.5, 0.6) is 11.5 Å². The largest absolute Gasteiger partial charge is 0.495 e. The second-order valence-corrected chi connectivity index (χ2v) is 9.98. The monoisotopic (exact) mass is 570 g/mol. The molecule has 1 saturated heterocycles. The number of nitrogens with zero attached hydrogens (tertiary/aromatic N) is 4. The van der Waals surface area contributed by atoms with Crippen molar-refractivity contribution in [3.8, 4) is 22.8 Å². The van der Waals surface area contributed by atoms with Gasteiger partial charge in [0.2, 0.25) is 11.9 Å². The molecule has 204 valence electrons. The Bertz CT molecular complexity index is 1410. The fraction of sp³-hybridized carbons (Fsp3) is 0.333. The third-order valence-electron chi connectivity index (χ3n) is 6.71. The molecule has 2 aliphatic rings. The molecular weight excluding hydrogens is 543 g/mol. The molecule has 0 aliphatic carbocycles. The number of anilines is 3. The van der Waals surface area contributed by atoms with Gasteiger partial charge < -0.3 is 29.7 Å². The third-order valence-corrected chi connectivity index (χ3v) is 7.44. The molecule has 2 N–H and O–H groups in total. The number of benzene rings is 1. The van der Waals surface area contributed by atoms with Gasteiger partial charge in [0.1, 0.15) is 27.4 Å². The average molecular weight is 571 g/mol. The SMILES string of the molecule is C=CC(=O)N[C@H]1CCOC[C@H]1Nc1ncc2c(n1)-c1cc(C)cnc1N(c1c(Cl)c(OC)cc(OC)c1Cl)C2. The summed E-state index contributed by atoms with van der Waals surface area (Å²) in [4.78, 5) is 28.0. The normalized spacial score (nSPS) is 18.0. The lowest BCUT2D eigenvalue weighted by molar-refractivity contribution is -0.117. The van der Waals surface area contributed by atoms with E-state index in [2.05, 4.69) is 22.2 Å². The Morgan fingerprint density at radius 1 is 1.15 bits per heavy atom. The van der Waals surface area contributed by atoms with E-state index in [1.165, 1.54) is 20.3 Å². The van der Waals surface area contributed by atoms with E-state index in [-0.39, 0.29) is 18.0 Å². The van der Waals surface area contributed by atoms with Gasteiger partial charge in [0.05, 0.1) is 50.8 Å². The number of methoxy groups -OCH3 is 2. The smallest absolute Gasteiger partial charge is 0.243 e. The van der Waals surface area contributed by atoms with E-state index >= 15 is 0 Å². The standard InChI is InChI=1S/C27H28Cl2N6O4/c1-5-21(36)32-17-6-7-39-13-18(17)33-27-31-11-15-12-35(26-16(24(15)34-27)8-14(2)10-30-26)25-22(28)19(37-3)9-20(38-4)23(25)29/h5,8-11,17-18H,1,6-7,12-13H2,2-4H3,(H,32,36)(H,31,33,34)/t17-,18+/m0/s1. The Labute approximate surface area is 236 Å². The van der Waals surface area contributed by atoms with Crippen molar-refractivity contribution in [3.05, 3.63) is 58.4 Å².